The number of aromatic nitrogens is 1. The van der Waals surface area contributed by atoms with Gasteiger partial charge in [0.2, 0.25) is 0 Å². The minimum Gasteiger partial charge on any atom is -0.493 e. The Labute approximate surface area is 370 Å². The topological polar surface area (TPSA) is 124 Å². The molecule has 0 saturated heterocycles. The first kappa shape index (κ1) is 41.6. The van der Waals surface area contributed by atoms with Gasteiger partial charge in [0.05, 0.1) is 66.8 Å². The third kappa shape index (κ3) is 8.29. The Morgan fingerprint density at radius 2 is 1.19 bits per heavy atom. The lowest BCUT2D eigenvalue weighted by molar-refractivity contribution is 0.0975. The van der Waals surface area contributed by atoms with E-state index in [2.05, 4.69) is 42.9 Å². The van der Waals surface area contributed by atoms with Crippen molar-refractivity contribution in [3.8, 4) is 28.7 Å². The van der Waals surface area contributed by atoms with Crippen molar-refractivity contribution < 1.29 is 33.3 Å². The first-order valence-corrected chi connectivity index (χ1v) is 23.5. The maximum Gasteiger partial charge on any atom is 0.260 e. The van der Waals surface area contributed by atoms with E-state index in [4.69, 9.17) is 28.7 Å². The van der Waals surface area contributed by atoms with Crippen molar-refractivity contribution >= 4 is 56.2 Å². The molecule has 0 saturated carbocycles. The van der Waals surface area contributed by atoms with Crippen LogP contribution < -0.4 is 44.1 Å². The van der Waals surface area contributed by atoms with E-state index in [0.29, 0.717) is 82.3 Å². The molecule has 4 aliphatic rings. The number of nitrogens with zero attached hydrogens (tertiary/aromatic N) is 3. The van der Waals surface area contributed by atoms with Crippen molar-refractivity contribution in [2.45, 2.75) is 69.6 Å². The Kier molecular flexibility index (Phi) is 11.8. The highest BCUT2D eigenvalue weighted by molar-refractivity contribution is 8.76. The quantitative estimate of drug-likeness (QED) is 0.0770. The van der Waals surface area contributed by atoms with Gasteiger partial charge in [-0.1, -0.05) is 58.0 Å². The molecule has 2 N–H and O–H groups in total. The minimum atomic E-state index is -0.0732. The van der Waals surface area contributed by atoms with Gasteiger partial charge in [-0.3, -0.25) is 14.6 Å². The number of amides is 2. The lowest BCUT2D eigenvalue weighted by Gasteiger charge is -2.23. The number of anilines is 4. The van der Waals surface area contributed by atoms with Crippen LogP contribution in [0.4, 0.5) is 22.7 Å². The van der Waals surface area contributed by atoms with Crippen LogP contribution in [-0.4, -0.2) is 73.8 Å². The number of nitrogens with one attached hydrogen (secondary N) is 2. The van der Waals surface area contributed by atoms with Crippen molar-refractivity contribution in [3.05, 3.63) is 119 Å². The highest BCUT2D eigenvalue weighted by Crippen LogP contribution is 2.43. The van der Waals surface area contributed by atoms with Crippen LogP contribution in [0.2, 0.25) is 0 Å². The lowest BCUT2D eigenvalue weighted by atomic mass is 10.1. The SMILES string of the molecule is COc1cc2c(cc1OCc1cc(OCCCC(C)(C)SSC)cc(COc3cc4c(cc3OC)C(=O)N3c5ccccc5CC3CN4)n1)NCC1Cc3ccccc3N1C2=O. The summed E-state index contributed by atoms with van der Waals surface area (Å²) in [6.45, 7) is 6.44. The minimum absolute atomic E-state index is 0.00556. The van der Waals surface area contributed by atoms with Gasteiger partial charge in [0.25, 0.3) is 11.8 Å². The Balaban J connectivity index is 0.950. The highest BCUT2D eigenvalue weighted by Gasteiger charge is 2.39. The van der Waals surface area contributed by atoms with E-state index < -0.39 is 0 Å². The molecule has 2 atom stereocenters. The Morgan fingerprint density at radius 3 is 1.68 bits per heavy atom. The number of hydrogen-bond acceptors (Lipinski definition) is 12. The number of benzene rings is 4. The van der Waals surface area contributed by atoms with Crippen LogP contribution >= 0.6 is 21.6 Å². The van der Waals surface area contributed by atoms with Crippen LogP contribution in [0.15, 0.2) is 84.9 Å². The molecular weight excluding hydrogens is 823 g/mol. The van der Waals surface area contributed by atoms with Crippen LogP contribution in [0.1, 0.15) is 69.9 Å². The molecule has 2 amide bonds. The molecule has 4 aliphatic heterocycles. The number of hydrogen-bond donors (Lipinski definition) is 2. The van der Waals surface area contributed by atoms with Crippen molar-refractivity contribution in [1.29, 1.82) is 0 Å². The second-order valence-corrected chi connectivity index (χ2v) is 19.6. The largest absolute Gasteiger partial charge is 0.493 e. The number of pyridine rings is 1. The second-order valence-electron chi connectivity index (χ2n) is 16.5. The van der Waals surface area contributed by atoms with E-state index in [1.165, 1.54) is 11.1 Å². The smallest absolute Gasteiger partial charge is 0.260 e. The van der Waals surface area contributed by atoms with Gasteiger partial charge in [-0.05, 0) is 81.2 Å². The number of methoxy groups -OCH3 is 2. The summed E-state index contributed by atoms with van der Waals surface area (Å²) in [5, 5.41) is 7.02. The van der Waals surface area contributed by atoms with Crippen molar-refractivity contribution in [2.75, 3.05) is 60.6 Å². The van der Waals surface area contributed by atoms with Gasteiger partial charge in [0.1, 0.15) is 19.0 Å². The molecule has 0 aliphatic carbocycles. The first-order chi connectivity index (χ1) is 30.1. The summed E-state index contributed by atoms with van der Waals surface area (Å²) in [6, 6.07) is 27.1. The molecule has 1 aromatic heterocycles. The molecule has 0 fully saturated rings. The molecule has 5 aromatic rings. The third-order valence-corrected chi connectivity index (χ3v) is 14.5. The van der Waals surface area contributed by atoms with Crippen LogP contribution in [0.3, 0.4) is 0 Å². The van der Waals surface area contributed by atoms with E-state index in [1.807, 2.05) is 81.3 Å². The summed E-state index contributed by atoms with van der Waals surface area (Å²) in [5.41, 5.74) is 7.92. The molecule has 0 spiro atoms. The molecule has 9 rings (SSSR count). The van der Waals surface area contributed by atoms with Gasteiger partial charge in [-0.2, -0.15) is 0 Å². The first-order valence-electron chi connectivity index (χ1n) is 21.0. The monoisotopic (exact) mass is 873 g/mol. The Bertz CT molecular complexity index is 2360. The molecule has 0 radical (unpaired) electrons. The molecule has 0 bridgehead atoms. The van der Waals surface area contributed by atoms with E-state index in [9.17, 15) is 9.59 Å². The van der Waals surface area contributed by atoms with Gasteiger partial charge < -0.3 is 44.1 Å². The van der Waals surface area contributed by atoms with E-state index in [1.54, 1.807) is 37.1 Å². The predicted octanol–water partition coefficient (Wildman–Crippen LogP) is 9.20. The zero-order valence-corrected chi connectivity index (χ0v) is 37.3. The van der Waals surface area contributed by atoms with Crippen molar-refractivity contribution in [1.82, 2.24) is 4.98 Å². The summed E-state index contributed by atoms with van der Waals surface area (Å²) < 4.78 is 30.9. The zero-order valence-electron chi connectivity index (χ0n) is 35.6. The molecule has 14 heteroatoms. The molecular formula is C48H51N5O7S2. The number of rotatable bonds is 15. The molecule has 12 nitrogen and oxygen atoms in total. The third-order valence-electron chi connectivity index (χ3n) is 11.9. The van der Waals surface area contributed by atoms with E-state index >= 15 is 0 Å². The van der Waals surface area contributed by atoms with Gasteiger partial charge in [0, 0.05) is 53.5 Å². The number of carbonyl (C=O) groups excluding carboxylic acids is 2. The Morgan fingerprint density at radius 1 is 0.694 bits per heavy atom. The van der Waals surface area contributed by atoms with Crippen molar-refractivity contribution in [3.63, 3.8) is 0 Å². The van der Waals surface area contributed by atoms with Gasteiger partial charge in [0.15, 0.2) is 23.0 Å². The summed E-state index contributed by atoms with van der Waals surface area (Å²) in [5.74, 6) is 2.35. The fourth-order valence-electron chi connectivity index (χ4n) is 8.93. The summed E-state index contributed by atoms with van der Waals surface area (Å²) in [4.78, 5) is 36.8. The summed E-state index contributed by atoms with van der Waals surface area (Å²) in [7, 11) is 6.79. The van der Waals surface area contributed by atoms with Gasteiger partial charge in [-0.15, -0.1) is 0 Å². The summed E-state index contributed by atoms with van der Waals surface area (Å²) >= 11 is 0. The second kappa shape index (κ2) is 17.6. The lowest BCUT2D eigenvalue weighted by Crippen LogP contribution is -2.39. The summed E-state index contributed by atoms with van der Waals surface area (Å²) in [6.07, 6.45) is 5.56. The van der Waals surface area contributed by atoms with E-state index in [0.717, 1.165) is 37.1 Å². The highest BCUT2D eigenvalue weighted by atomic mass is 33.1. The van der Waals surface area contributed by atoms with Gasteiger partial charge >= 0.3 is 0 Å². The molecule has 5 heterocycles. The number of carbonyl (C=O) groups is 2. The standard InChI is InChI=1S/C48H51N5O7S2/c1-48(2,62-61-5)15-10-16-58-35-19-31(27-59-44-23-38-36(21-42(44)56-3)46(54)52-33(25-49-38)17-29-11-6-8-13-40(29)52)51-32(20-35)28-60-45-24-39-37(22-43(45)57-4)47(55)53-34(26-50-39)18-30-12-7-9-14-41(30)53/h6-9,11-14,19-24,33-34,49-50H,10,15-18,25-28H2,1-5H3. The normalized spacial score (nSPS) is 17.2. The van der Waals surface area contributed by atoms with Crippen LogP contribution in [0.5, 0.6) is 28.7 Å². The average Bonchev–Trinajstić information content (AvgIpc) is 3.77. The van der Waals surface area contributed by atoms with Crippen LogP contribution in [-0.2, 0) is 26.1 Å². The fourth-order valence-corrected chi connectivity index (χ4v) is 11.2. The maximum absolute atomic E-state index is 14.0. The van der Waals surface area contributed by atoms with Crippen LogP contribution in [0, 0.1) is 0 Å². The number of fused-ring (bicyclic) bond motifs is 8. The van der Waals surface area contributed by atoms with E-state index in [-0.39, 0.29) is 41.9 Å². The fraction of sp³-hybridized carbons (Fsp3) is 0.354. The molecule has 62 heavy (non-hydrogen) atoms. The Hall–Kier alpha value is -5.73. The van der Waals surface area contributed by atoms with Crippen LogP contribution in [0.25, 0.3) is 0 Å². The molecule has 2 unspecified atom stereocenters. The molecule has 4 aromatic carbocycles. The maximum atomic E-state index is 14.0. The average molecular weight is 874 g/mol. The number of ether oxygens (including phenoxy) is 5. The predicted molar refractivity (Wildman–Crippen MR) is 247 cm³/mol. The zero-order chi connectivity index (χ0) is 43.0. The number of para-hydroxylation sites is 2. The molecule has 322 valence electrons. The van der Waals surface area contributed by atoms with Gasteiger partial charge in [-0.25, -0.2) is 0 Å². The van der Waals surface area contributed by atoms with Crippen molar-refractivity contribution in [2.24, 2.45) is 0 Å².